The molecular weight excluding hydrogens is 298 g/mol. The summed E-state index contributed by atoms with van der Waals surface area (Å²) in [7, 11) is 0. The lowest BCUT2D eigenvalue weighted by Crippen LogP contribution is -2.16. The maximum Gasteiger partial charge on any atom is 0.125 e. The summed E-state index contributed by atoms with van der Waals surface area (Å²) in [4.78, 5) is 4.24. The molecule has 1 aromatic carbocycles. The highest BCUT2D eigenvalue weighted by atomic mass is 15.3. The van der Waals surface area contributed by atoms with Gasteiger partial charge in [0, 0.05) is 31.7 Å². The highest BCUT2D eigenvalue weighted by molar-refractivity contribution is 5.34. The monoisotopic (exact) mass is 321 g/mol. The maximum atomic E-state index is 4.24. The Labute approximate surface area is 142 Å². The van der Waals surface area contributed by atoms with E-state index in [2.05, 4.69) is 45.0 Å². The molecule has 24 heavy (non-hydrogen) atoms. The van der Waals surface area contributed by atoms with Crippen LogP contribution in [0, 0.1) is 0 Å². The lowest BCUT2D eigenvalue weighted by atomic mass is 10.2. The molecule has 0 atom stereocenters. The molecule has 3 aromatic rings. The lowest BCUT2D eigenvalue weighted by molar-refractivity contribution is 0.632. The van der Waals surface area contributed by atoms with Gasteiger partial charge in [-0.15, -0.1) is 0 Å². The van der Waals surface area contributed by atoms with Crippen molar-refractivity contribution >= 4 is 5.82 Å². The van der Waals surface area contributed by atoms with Crippen LogP contribution in [0.3, 0.4) is 0 Å². The van der Waals surface area contributed by atoms with Gasteiger partial charge in [0.2, 0.25) is 0 Å². The van der Waals surface area contributed by atoms with Gasteiger partial charge in [-0.2, -0.15) is 5.10 Å². The number of rotatable bonds is 9. The molecular formula is C19H23N5. The maximum absolute atomic E-state index is 4.24. The predicted octanol–water partition coefficient (Wildman–Crippen LogP) is 3.25. The zero-order chi connectivity index (χ0) is 16.5. The van der Waals surface area contributed by atoms with Gasteiger partial charge in [-0.25, -0.2) is 9.67 Å². The van der Waals surface area contributed by atoms with Crippen LogP contribution in [0.5, 0.6) is 0 Å². The van der Waals surface area contributed by atoms with Crippen LogP contribution in [-0.4, -0.2) is 27.9 Å². The highest BCUT2D eigenvalue weighted by Crippen LogP contribution is 2.08. The minimum atomic E-state index is 0.896. The Morgan fingerprint density at radius 2 is 1.75 bits per heavy atom. The van der Waals surface area contributed by atoms with Crippen molar-refractivity contribution in [1.82, 2.24) is 20.1 Å². The molecule has 2 N–H and O–H groups in total. The minimum absolute atomic E-state index is 0.896. The molecule has 0 aliphatic heterocycles. The fourth-order valence-corrected chi connectivity index (χ4v) is 2.48. The Bertz CT molecular complexity index is 692. The van der Waals surface area contributed by atoms with Crippen molar-refractivity contribution < 1.29 is 0 Å². The molecule has 0 saturated heterocycles. The normalized spacial score (nSPS) is 10.7. The van der Waals surface area contributed by atoms with Gasteiger partial charge in [0.25, 0.3) is 0 Å². The van der Waals surface area contributed by atoms with Crippen molar-refractivity contribution in [3.63, 3.8) is 0 Å². The van der Waals surface area contributed by atoms with E-state index in [0.717, 1.165) is 44.0 Å². The number of hydrogen-bond acceptors (Lipinski definition) is 4. The van der Waals surface area contributed by atoms with E-state index in [9.17, 15) is 0 Å². The molecule has 124 valence electrons. The first-order valence-electron chi connectivity index (χ1n) is 8.36. The Morgan fingerprint density at radius 1 is 0.875 bits per heavy atom. The summed E-state index contributed by atoms with van der Waals surface area (Å²) in [5.74, 6) is 0.947. The van der Waals surface area contributed by atoms with E-state index < -0.39 is 0 Å². The van der Waals surface area contributed by atoms with Gasteiger partial charge in [0.05, 0.1) is 5.69 Å². The first-order valence-corrected chi connectivity index (χ1v) is 8.36. The number of nitrogens with zero attached hydrogens (tertiary/aromatic N) is 3. The van der Waals surface area contributed by atoms with E-state index >= 15 is 0 Å². The third kappa shape index (κ3) is 4.93. The molecule has 0 unspecified atom stereocenters. The van der Waals surface area contributed by atoms with E-state index in [4.69, 9.17) is 0 Å². The Kier molecular flexibility index (Phi) is 5.97. The fourth-order valence-electron chi connectivity index (χ4n) is 2.48. The molecule has 0 radical (unpaired) electrons. The van der Waals surface area contributed by atoms with Crippen LogP contribution >= 0.6 is 0 Å². The second-order valence-electron chi connectivity index (χ2n) is 5.64. The van der Waals surface area contributed by atoms with Crippen LogP contribution in [0.2, 0.25) is 0 Å². The molecule has 3 rings (SSSR count). The highest BCUT2D eigenvalue weighted by Gasteiger charge is 1.97. The summed E-state index contributed by atoms with van der Waals surface area (Å²) >= 11 is 0. The van der Waals surface area contributed by atoms with Gasteiger partial charge in [-0.05, 0) is 55.3 Å². The average molecular weight is 321 g/mol. The number of nitrogens with one attached hydrogen (secondary N) is 2. The molecule has 0 amide bonds. The summed E-state index contributed by atoms with van der Waals surface area (Å²) in [6, 6.07) is 16.3. The number of pyridine rings is 1. The van der Waals surface area contributed by atoms with Crippen LogP contribution in [0.4, 0.5) is 5.82 Å². The second-order valence-corrected chi connectivity index (χ2v) is 5.64. The number of aromatic nitrogens is 3. The minimum Gasteiger partial charge on any atom is -0.370 e. The molecule has 0 fully saturated rings. The van der Waals surface area contributed by atoms with Gasteiger partial charge < -0.3 is 10.6 Å². The summed E-state index contributed by atoms with van der Waals surface area (Å²) in [5.41, 5.74) is 2.38. The zero-order valence-corrected chi connectivity index (χ0v) is 13.7. The van der Waals surface area contributed by atoms with Crippen molar-refractivity contribution in [2.24, 2.45) is 0 Å². The number of anilines is 1. The summed E-state index contributed by atoms with van der Waals surface area (Å²) in [6.45, 7) is 2.87. The number of hydrogen-bond donors (Lipinski definition) is 2. The van der Waals surface area contributed by atoms with Gasteiger partial charge in [0.1, 0.15) is 5.82 Å². The van der Waals surface area contributed by atoms with E-state index in [1.807, 2.05) is 41.3 Å². The molecule has 2 heterocycles. The average Bonchev–Trinajstić information content (AvgIpc) is 3.17. The summed E-state index contributed by atoms with van der Waals surface area (Å²) in [5, 5.41) is 11.0. The SMILES string of the molecule is c1ccc(NCCCCNCc2ccc(-n3cccn3)cc2)nc1. The standard InChI is InChI=1S/C19H23N5/c1-2-12-21-19(6-1)22-13-4-3-11-20-16-17-7-9-18(10-8-17)24-15-5-14-23-24/h1-2,5-10,12,14-15,20H,3-4,11,13,16H2,(H,21,22). The fraction of sp³-hybridized carbons (Fsp3) is 0.263. The van der Waals surface area contributed by atoms with Crippen LogP contribution in [0.1, 0.15) is 18.4 Å². The summed E-state index contributed by atoms with van der Waals surface area (Å²) in [6.07, 6.45) is 7.82. The molecule has 0 saturated carbocycles. The van der Waals surface area contributed by atoms with Gasteiger partial charge in [0.15, 0.2) is 0 Å². The van der Waals surface area contributed by atoms with Gasteiger partial charge in [-0.3, -0.25) is 0 Å². The molecule has 0 aliphatic carbocycles. The van der Waals surface area contributed by atoms with E-state index in [1.165, 1.54) is 5.56 Å². The third-order valence-corrected chi connectivity index (χ3v) is 3.79. The molecule has 0 aliphatic rings. The largest absolute Gasteiger partial charge is 0.370 e. The first kappa shape index (κ1) is 16.2. The van der Waals surface area contributed by atoms with Crippen molar-refractivity contribution in [3.8, 4) is 5.69 Å². The molecule has 5 nitrogen and oxygen atoms in total. The zero-order valence-electron chi connectivity index (χ0n) is 13.7. The Morgan fingerprint density at radius 3 is 2.50 bits per heavy atom. The first-order chi connectivity index (χ1) is 11.9. The van der Waals surface area contributed by atoms with Crippen molar-refractivity contribution in [2.45, 2.75) is 19.4 Å². The van der Waals surface area contributed by atoms with Crippen LogP contribution < -0.4 is 10.6 Å². The quantitative estimate of drug-likeness (QED) is 0.594. The smallest absolute Gasteiger partial charge is 0.125 e. The topological polar surface area (TPSA) is 54.8 Å². The van der Waals surface area contributed by atoms with Gasteiger partial charge >= 0.3 is 0 Å². The molecule has 0 bridgehead atoms. The van der Waals surface area contributed by atoms with Crippen LogP contribution in [-0.2, 0) is 6.54 Å². The lowest BCUT2D eigenvalue weighted by Gasteiger charge is -2.07. The molecule has 5 heteroatoms. The number of benzene rings is 1. The van der Waals surface area contributed by atoms with E-state index in [0.29, 0.717) is 0 Å². The molecule has 2 aromatic heterocycles. The third-order valence-electron chi connectivity index (χ3n) is 3.79. The second kappa shape index (κ2) is 8.84. The Hall–Kier alpha value is -2.66. The predicted molar refractivity (Wildman–Crippen MR) is 97.2 cm³/mol. The van der Waals surface area contributed by atoms with Gasteiger partial charge in [-0.1, -0.05) is 18.2 Å². The van der Waals surface area contributed by atoms with Crippen molar-refractivity contribution in [3.05, 3.63) is 72.7 Å². The Balaban J connectivity index is 1.29. The molecule has 0 spiro atoms. The van der Waals surface area contributed by atoms with Crippen molar-refractivity contribution in [1.29, 1.82) is 0 Å². The number of unbranched alkanes of at least 4 members (excludes halogenated alkanes) is 1. The van der Waals surface area contributed by atoms with Crippen molar-refractivity contribution in [2.75, 3.05) is 18.4 Å². The van der Waals surface area contributed by atoms with Crippen LogP contribution in [0.15, 0.2) is 67.1 Å². The van der Waals surface area contributed by atoms with E-state index in [-0.39, 0.29) is 0 Å². The van der Waals surface area contributed by atoms with Crippen LogP contribution in [0.25, 0.3) is 5.69 Å². The summed E-state index contributed by atoms with van der Waals surface area (Å²) < 4.78 is 1.87. The van der Waals surface area contributed by atoms with E-state index in [1.54, 1.807) is 6.20 Å².